The zero-order chi connectivity index (χ0) is 30.3. The third kappa shape index (κ3) is 7.53. The Hall–Kier alpha value is -4.47. The summed E-state index contributed by atoms with van der Waals surface area (Å²) in [5, 5.41) is 8.91. The van der Waals surface area contributed by atoms with Gasteiger partial charge in [-0.25, -0.2) is 4.79 Å². The van der Waals surface area contributed by atoms with Crippen LogP contribution in [0.3, 0.4) is 0 Å². The number of benzene rings is 2. The van der Waals surface area contributed by atoms with Crippen molar-refractivity contribution in [2.24, 2.45) is 11.8 Å². The maximum Gasteiger partial charge on any atom is 0.323 e. The zero-order valence-corrected chi connectivity index (χ0v) is 25.0. The van der Waals surface area contributed by atoms with Gasteiger partial charge in [-0.2, -0.15) is 0 Å². The molecule has 2 atom stereocenters. The van der Waals surface area contributed by atoms with Crippen LogP contribution in [-0.2, 0) is 4.79 Å². The van der Waals surface area contributed by atoms with Crippen LogP contribution in [0.1, 0.15) is 55.5 Å². The van der Waals surface area contributed by atoms with E-state index in [0.29, 0.717) is 48.8 Å². The molecule has 4 amide bonds. The number of hydrogen-bond donors (Lipinski definition) is 3. The second-order valence-electron chi connectivity index (χ2n) is 12.1. The summed E-state index contributed by atoms with van der Waals surface area (Å²) < 4.78 is 11.2. The van der Waals surface area contributed by atoms with Crippen LogP contribution >= 0.6 is 0 Å². The lowest BCUT2D eigenvalue weighted by atomic mass is 9.96. The Morgan fingerprint density at radius 3 is 2.25 bits per heavy atom. The fourth-order valence-corrected chi connectivity index (χ4v) is 6.42. The largest absolute Gasteiger partial charge is 0.490 e. The van der Waals surface area contributed by atoms with E-state index in [4.69, 9.17) is 9.15 Å². The fourth-order valence-electron chi connectivity index (χ4n) is 6.42. The number of nitrogens with one attached hydrogen (secondary N) is 3. The van der Waals surface area contributed by atoms with E-state index in [0.717, 1.165) is 56.6 Å². The Kier molecular flexibility index (Phi) is 9.34. The average Bonchev–Trinajstić information content (AvgIpc) is 3.85. The topological polar surface area (TPSA) is 116 Å². The summed E-state index contributed by atoms with van der Waals surface area (Å²) in [7, 11) is 0. The van der Waals surface area contributed by atoms with E-state index in [9.17, 15) is 14.4 Å². The first kappa shape index (κ1) is 29.6. The highest BCUT2D eigenvalue weighted by atomic mass is 16.5. The van der Waals surface area contributed by atoms with E-state index in [-0.39, 0.29) is 23.8 Å². The highest BCUT2D eigenvalue weighted by Gasteiger charge is 2.31. The molecule has 10 nitrogen and oxygen atoms in total. The molecule has 0 bridgehead atoms. The Labute approximate surface area is 258 Å². The Balaban J connectivity index is 0.917. The number of urea groups is 1. The van der Waals surface area contributed by atoms with Crippen molar-refractivity contribution in [1.82, 2.24) is 10.2 Å². The molecule has 3 aliphatic rings. The van der Waals surface area contributed by atoms with Gasteiger partial charge in [0.1, 0.15) is 5.75 Å². The lowest BCUT2D eigenvalue weighted by Gasteiger charge is -2.31. The molecular weight excluding hydrogens is 558 g/mol. The predicted octanol–water partition coefficient (Wildman–Crippen LogP) is 5.74. The van der Waals surface area contributed by atoms with Crippen LogP contribution in [-0.4, -0.2) is 61.6 Å². The van der Waals surface area contributed by atoms with E-state index in [1.54, 1.807) is 17.0 Å². The van der Waals surface area contributed by atoms with Crippen LogP contribution in [0.15, 0.2) is 71.3 Å². The highest BCUT2D eigenvalue weighted by molar-refractivity contribution is 5.99. The number of nitrogens with zero attached hydrogens (tertiary/aromatic N) is 2. The number of furan rings is 1. The second-order valence-corrected chi connectivity index (χ2v) is 12.1. The molecule has 0 spiro atoms. The number of carbonyl (C=O) groups excluding carboxylic acids is 3. The maximum atomic E-state index is 12.9. The molecule has 3 aromatic rings. The number of anilines is 3. The number of piperidine rings is 1. The van der Waals surface area contributed by atoms with Gasteiger partial charge in [-0.05, 0) is 112 Å². The summed E-state index contributed by atoms with van der Waals surface area (Å²) in [6, 6.07) is 18.4. The van der Waals surface area contributed by atoms with Crippen molar-refractivity contribution in [1.29, 1.82) is 0 Å². The van der Waals surface area contributed by atoms with Crippen LogP contribution in [0.25, 0.3) is 0 Å². The molecule has 2 aliphatic heterocycles. The van der Waals surface area contributed by atoms with E-state index >= 15 is 0 Å². The van der Waals surface area contributed by atoms with Gasteiger partial charge < -0.3 is 34.9 Å². The Morgan fingerprint density at radius 2 is 1.55 bits per heavy atom. The Bertz CT molecular complexity index is 1400. The predicted molar refractivity (Wildman–Crippen MR) is 169 cm³/mol. The highest BCUT2D eigenvalue weighted by Crippen LogP contribution is 2.27. The van der Waals surface area contributed by atoms with Crippen molar-refractivity contribution in [3.8, 4) is 5.75 Å². The minimum atomic E-state index is -0.300. The number of hydrogen-bond acceptors (Lipinski definition) is 6. The second kappa shape index (κ2) is 13.9. The minimum absolute atomic E-state index is 0.0162. The van der Waals surface area contributed by atoms with Crippen molar-refractivity contribution in [2.75, 3.05) is 48.3 Å². The van der Waals surface area contributed by atoms with Crippen LogP contribution in [0, 0.1) is 11.8 Å². The van der Waals surface area contributed by atoms with Crippen molar-refractivity contribution >= 4 is 34.9 Å². The summed E-state index contributed by atoms with van der Waals surface area (Å²) in [4.78, 5) is 42.2. The number of ether oxygens (including phenoxy) is 1. The SMILES string of the molecule is O=C(Nc1ccc(OC2CCCC2)cc1)Nc1ccc(N2CCC(CNC(=O)C3CCCN(C(=O)c4ccco4)C3)C2)cc1. The molecule has 6 rings (SSSR count). The lowest BCUT2D eigenvalue weighted by Crippen LogP contribution is -2.46. The van der Waals surface area contributed by atoms with Crippen LogP contribution < -0.4 is 25.6 Å². The zero-order valence-electron chi connectivity index (χ0n) is 25.0. The molecule has 1 saturated carbocycles. The molecular formula is C34H41N5O5. The number of likely N-dealkylation sites (tertiary alicyclic amines) is 1. The Morgan fingerprint density at radius 1 is 0.818 bits per heavy atom. The van der Waals surface area contributed by atoms with E-state index in [1.807, 2.05) is 48.5 Å². The molecule has 3 heterocycles. The van der Waals surface area contributed by atoms with Crippen LogP contribution in [0.5, 0.6) is 5.75 Å². The molecule has 2 aromatic carbocycles. The van der Waals surface area contributed by atoms with E-state index < -0.39 is 0 Å². The maximum absolute atomic E-state index is 12.9. The van der Waals surface area contributed by atoms with Gasteiger partial charge in [0.05, 0.1) is 18.3 Å². The van der Waals surface area contributed by atoms with Crippen molar-refractivity contribution in [3.63, 3.8) is 0 Å². The number of rotatable bonds is 9. The molecule has 44 heavy (non-hydrogen) atoms. The first-order chi connectivity index (χ1) is 21.5. The van der Waals surface area contributed by atoms with Crippen molar-refractivity contribution in [3.05, 3.63) is 72.7 Å². The minimum Gasteiger partial charge on any atom is -0.490 e. The molecule has 0 radical (unpaired) electrons. The summed E-state index contributed by atoms with van der Waals surface area (Å²) in [6.07, 6.45) is 9.03. The first-order valence-electron chi connectivity index (χ1n) is 15.8. The van der Waals surface area contributed by atoms with Gasteiger partial charge in [0, 0.05) is 49.8 Å². The standard InChI is InChI=1S/C34H41N5O5/c40-32(25-5-3-18-39(23-25)33(41)31-8-4-20-43-31)35-21-24-17-19-38(22-24)28-13-9-26(10-14-28)36-34(42)37-27-11-15-30(16-12-27)44-29-6-1-2-7-29/h4,8-16,20,24-25,29H,1-3,5-7,17-19,21-23H2,(H,35,40)(H2,36,37,42). The molecule has 232 valence electrons. The summed E-state index contributed by atoms with van der Waals surface area (Å²) in [5.74, 6) is 1.16. The summed E-state index contributed by atoms with van der Waals surface area (Å²) >= 11 is 0. The van der Waals surface area contributed by atoms with E-state index in [2.05, 4.69) is 20.9 Å². The first-order valence-corrected chi connectivity index (χ1v) is 15.8. The van der Waals surface area contributed by atoms with Gasteiger partial charge in [-0.3, -0.25) is 9.59 Å². The molecule has 10 heteroatoms. The number of carbonyl (C=O) groups is 3. The smallest absolute Gasteiger partial charge is 0.323 e. The van der Waals surface area contributed by atoms with Gasteiger partial charge >= 0.3 is 6.03 Å². The molecule has 3 N–H and O–H groups in total. The molecule has 1 aliphatic carbocycles. The lowest BCUT2D eigenvalue weighted by molar-refractivity contribution is -0.126. The third-order valence-corrected chi connectivity index (χ3v) is 8.87. The van der Waals surface area contributed by atoms with Crippen molar-refractivity contribution in [2.45, 2.75) is 51.0 Å². The number of amides is 4. The summed E-state index contributed by atoms with van der Waals surface area (Å²) in [6.45, 7) is 3.43. The van der Waals surface area contributed by atoms with Crippen LogP contribution in [0.2, 0.25) is 0 Å². The average molecular weight is 600 g/mol. The monoisotopic (exact) mass is 599 g/mol. The molecule has 2 unspecified atom stereocenters. The third-order valence-electron chi connectivity index (χ3n) is 8.87. The van der Waals surface area contributed by atoms with E-state index in [1.165, 1.54) is 19.1 Å². The molecule has 3 fully saturated rings. The van der Waals surface area contributed by atoms with Gasteiger partial charge in [0.25, 0.3) is 5.91 Å². The van der Waals surface area contributed by atoms with Crippen molar-refractivity contribution < 1.29 is 23.5 Å². The normalized spacial score (nSPS) is 20.4. The molecule has 1 aromatic heterocycles. The van der Waals surface area contributed by atoms with Gasteiger partial charge in [-0.1, -0.05) is 0 Å². The molecule has 2 saturated heterocycles. The summed E-state index contributed by atoms with van der Waals surface area (Å²) in [5.41, 5.74) is 2.50. The van der Waals surface area contributed by atoms with Crippen LogP contribution in [0.4, 0.5) is 21.9 Å². The fraction of sp³-hybridized carbons (Fsp3) is 0.441. The quantitative estimate of drug-likeness (QED) is 0.289. The van der Waals surface area contributed by atoms with Gasteiger partial charge in [0.2, 0.25) is 5.91 Å². The van der Waals surface area contributed by atoms with Gasteiger partial charge in [0.15, 0.2) is 5.76 Å². The van der Waals surface area contributed by atoms with Gasteiger partial charge in [-0.15, -0.1) is 0 Å².